The number of rotatable bonds is 3. The van der Waals surface area contributed by atoms with Gasteiger partial charge in [0.1, 0.15) is 0 Å². The maximum atomic E-state index is 12.6. The van der Waals surface area contributed by atoms with E-state index in [2.05, 4.69) is 15.4 Å². The normalized spacial score (nSPS) is 10.8. The van der Waals surface area contributed by atoms with Crippen LogP contribution in [0, 0.1) is 13.8 Å². The average Bonchev–Trinajstić information content (AvgIpc) is 3.05. The molecule has 1 amide bonds. The number of nitrogens with zero attached hydrogens (tertiary/aromatic N) is 3. The van der Waals surface area contributed by atoms with Crippen LogP contribution in [0.2, 0.25) is 0 Å². The van der Waals surface area contributed by atoms with Crippen LogP contribution in [0.3, 0.4) is 0 Å². The van der Waals surface area contributed by atoms with E-state index in [0.717, 1.165) is 27.8 Å². The number of carbonyl (C=O) groups is 1. The number of anilines is 1. The molecule has 0 fully saturated rings. The second-order valence-electron chi connectivity index (χ2n) is 6.24. The molecule has 0 aliphatic heterocycles. The van der Waals surface area contributed by atoms with Crippen molar-refractivity contribution in [3.8, 4) is 5.82 Å². The van der Waals surface area contributed by atoms with E-state index in [4.69, 9.17) is 0 Å². The predicted octanol–water partition coefficient (Wildman–Crippen LogP) is 4.29. The molecule has 5 nitrogen and oxygen atoms in total. The summed E-state index contributed by atoms with van der Waals surface area (Å²) in [6.45, 7) is 3.88. The number of fused-ring (bicyclic) bond motifs is 1. The molecule has 4 aromatic rings. The van der Waals surface area contributed by atoms with E-state index >= 15 is 0 Å². The Morgan fingerprint density at radius 2 is 1.73 bits per heavy atom. The lowest BCUT2D eigenvalue weighted by Crippen LogP contribution is -2.13. The first kappa shape index (κ1) is 16.0. The van der Waals surface area contributed by atoms with Gasteiger partial charge in [0.25, 0.3) is 5.91 Å². The molecule has 2 aromatic carbocycles. The molecular formula is C21H18N4O. The van der Waals surface area contributed by atoms with Gasteiger partial charge in [0, 0.05) is 11.1 Å². The number of hydrogen-bond acceptors (Lipinski definition) is 3. The summed E-state index contributed by atoms with van der Waals surface area (Å²) in [6.07, 6.45) is 1.58. The minimum atomic E-state index is -0.182. The summed E-state index contributed by atoms with van der Waals surface area (Å²) in [5.41, 5.74) is 4.08. The Morgan fingerprint density at radius 1 is 0.962 bits per heavy atom. The number of hydrogen-bond donors (Lipinski definition) is 1. The van der Waals surface area contributed by atoms with Crippen LogP contribution in [0.4, 0.5) is 5.69 Å². The third kappa shape index (κ3) is 2.95. The largest absolute Gasteiger partial charge is 0.322 e. The number of aryl methyl sites for hydroxylation is 1. The van der Waals surface area contributed by atoms with Gasteiger partial charge in [0.2, 0.25) is 0 Å². The Bertz CT molecular complexity index is 1100. The summed E-state index contributed by atoms with van der Waals surface area (Å²) in [7, 11) is 0. The highest BCUT2D eigenvalue weighted by Crippen LogP contribution is 2.18. The predicted molar refractivity (Wildman–Crippen MR) is 103 cm³/mol. The lowest BCUT2D eigenvalue weighted by molar-refractivity contribution is 0.102. The summed E-state index contributed by atoms with van der Waals surface area (Å²) < 4.78 is 1.69. The van der Waals surface area contributed by atoms with Crippen molar-refractivity contribution in [3.63, 3.8) is 0 Å². The van der Waals surface area contributed by atoms with Crippen molar-refractivity contribution in [2.75, 3.05) is 5.32 Å². The van der Waals surface area contributed by atoms with E-state index < -0.39 is 0 Å². The lowest BCUT2D eigenvalue weighted by Gasteiger charge is -2.07. The van der Waals surface area contributed by atoms with Gasteiger partial charge in [-0.1, -0.05) is 35.9 Å². The van der Waals surface area contributed by atoms with E-state index in [1.54, 1.807) is 10.9 Å². The van der Waals surface area contributed by atoms with Gasteiger partial charge in [-0.25, -0.2) is 9.67 Å². The van der Waals surface area contributed by atoms with E-state index in [-0.39, 0.29) is 5.91 Å². The number of carbonyl (C=O) groups excluding carboxylic acids is 1. The van der Waals surface area contributed by atoms with Crippen LogP contribution < -0.4 is 5.32 Å². The first-order valence-corrected chi connectivity index (χ1v) is 8.40. The average molecular weight is 342 g/mol. The molecule has 4 rings (SSSR count). The van der Waals surface area contributed by atoms with E-state index in [9.17, 15) is 4.79 Å². The summed E-state index contributed by atoms with van der Waals surface area (Å²) >= 11 is 0. The van der Waals surface area contributed by atoms with Crippen LogP contribution in [-0.2, 0) is 0 Å². The first-order valence-electron chi connectivity index (χ1n) is 8.40. The molecule has 2 aromatic heterocycles. The third-order valence-electron chi connectivity index (χ3n) is 4.36. The van der Waals surface area contributed by atoms with Gasteiger partial charge in [0.05, 0.1) is 23.0 Å². The van der Waals surface area contributed by atoms with Crippen LogP contribution in [0.15, 0.2) is 66.9 Å². The molecule has 0 bridgehead atoms. The van der Waals surface area contributed by atoms with Crippen molar-refractivity contribution in [1.29, 1.82) is 0 Å². The summed E-state index contributed by atoms with van der Waals surface area (Å²) in [5.74, 6) is 0.508. The fourth-order valence-corrected chi connectivity index (χ4v) is 2.87. The van der Waals surface area contributed by atoms with Gasteiger partial charge in [-0.3, -0.25) is 4.79 Å². The summed E-state index contributed by atoms with van der Waals surface area (Å²) in [5, 5.41) is 8.34. The topological polar surface area (TPSA) is 59.8 Å². The zero-order valence-electron chi connectivity index (χ0n) is 14.6. The standard InChI is InChI=1S/C21H18N4O/c1-14-7-10-17(11-8-14)23-21(26)18-13-22-25(15(18)2)20-12-9-16-5-3-4-6-19(16)24-20/h3-13H,1-2H3,(H,23,26). The number of para-hydroxylation sites is 1. The Kier molecular flexibility index (Phi) is 3.97. The maximum absolute atomic E-state index is 12.6. The van der Waals surface area contributed by atoms with E-state index in [0.29, 0.717) is 11.4 Å². The molecule has 0 radical (unpaired) electrons. The van der Waals surface area contributed by atoms with Gasteiger partial charge in [-0.15, -0.1) is 0 Å². The van der Waals surface area contributed by atoms with Gasteiger partial charge in [-0.2, -0.15) is 5.10 Å². The Labute approximate surface area is 151 Å². The molecule has 0 saturated heterocycles. The number of amides is 1. The highest BCUT2D eigenvalue weighted by atomic mass is 16.1. The van der Waals surface area contributed by atoms with Crippen LogP contribution in [0.5, 0.6) is 0 Å². The highest BCUT2D eigenvalue weighted by molar-refractivity contribution is 6.05. The minimum Gasteiger partial charge on any atom is -0.322 e. The van der Waals surface area contributed by atoms with Crippen LogP contribution in [0.25, 0.3) is 16.7 Å². The maximum Gasteiger partial charge on any atom is 0.259 e. The van der Waals surface area contributed by atoms with E-state index in [1.807, 2.05) is 74.5 Å². The lowest BCUT2D eigenvalue weighted by atomic mass is 10.2. The van der Waals surface area contributed by atoms with Crippen molar-refractivity contribution in [3.05, 3.63) is 83.7 Å². The molecule has 5 heteroatoms. The Morgan fingerprint density at radius 3 is 2.54 bits per heavy atom. The molecule has 0 spiro atoms. The van der Waals surface area contributed by atoms with E-state index in [1.165, 1.54) is 0 Å². The van der Waals surface area contributed by atoms with Crippen molar-refractivity contribution in [2.45, 2.75) is 13.8 Å². The Hall–Kier alpha value is -3.47. The van der Waals surface area contributed by atoms with Crippen LogP contribution in [0.1, 0.15) is 21.6 Å². The van der Waals surface area contributed by atoms with Crippen LogP contribution in [-0.4, -0.2) is 20.7 Å². The molecule has 0 saturated carbocycles. The van der Waals surface area contributed by atoms with Gasteiger partial charge < -0.3 is 5.32 Å². The smallest absolute Gasteiger partial charge is 0.259 e. The van der Waals surface area contributed by atoms with Crippen molar-refractivity contribution < 1.29 is 4.79 Å². The molecule has 0 unspecified atom stereocenters. The molecule has 1 N–H and O–H groups in total. The molecule has 128 valence electrons. The van der Waals surface area contributed by atoms with Crippen LogP contribution >= 0.6 is 0 Å². The summed E-state index contributed by atoms with van der Waals surface area (Å²) in [4.78, 5) is 17.2. The minimum absolute atomic E-state index is 0.182. The third-order valence-corrected chi connectivity index (χ3v) is 4.36. The molecular weight excluding hydrogens is 324 g/mol. The zero-order chi connectivity index (χ0) is 18.1. The van der Waals surface area contributed by atoms with Gasteiger partial charge >= 0.3 is 0 Å². The van der Waals surface area contributed by atoms with Crippen molar-refractivity contribution >= 4 is 22.5 Å². The quantitative estimate of drug-likeness (QED) is 0.604. The number of pyridine rings is 1. The second-order valence-corrected chi connectivity index (χ2v) is 6.24. The number of nitrogens with one attached hydrogen (secondary N) is 1. The molecule has 0 atom stereocenters. The number of benzene rings is 2. The molecule has 2 heterocycles. The molecule has 0 aliphatic rings. The zero-order valence-corrected chi connectivity index (χ0v) is 14.6. The summed E-state index contributed by atoms with van der Waals surface area (Å²) in [6, 6.07) is 19.5. The monoisotopic (exact) mass is 342 g/mol. The Balaban J connectivity index is 1.64. The van der Waals surface area contributed by atoms with Gasteiger partial charge in [-0.05, 0) is 44.2 Å². The van der Waals surface area contributed by atoms with Crippen molar-refractivity contribution in [1.82, 2.24) is 14.8 Å². The first-order chi connectivity index (χ1) is 12.6. The fourth-order valence-electron chi connectivity index (χ4n) is 2.87. The SMILES string of the molecule is Cc1ccc(NC(=O)c2cnn(-c3ccc4ccccc4n3)c2C)cc1. The number of aromatic nitrogens is 3. The fraction of sp³-hybridized carbons (Fsp3) is 0.0952. The van der Waals surface area contributed by atoms with Gasteiger partial charge in [0.15, 0.2) is 5.82 Å². The van der Waals surface area contributed by atoms with Crippen molar-refractivity contribution in [2.24, 2.45) is 0 Å². The second kappa shape index (κ2) is 6.44. The molecule has 26 heavy (non-hydrogen) atoms. The molecule has 0 aliphatic carbocycles. The highest BCUT2D eigenvalue weighted by Gasteiger charge is 2.16.